The number of hydrogen-bond acceptors (Lipinski definition) is 4. The highest BCUT2D eigenvalue weighted by Gasteiger charge is 2.25. The quantitative estimate of drug-likeness (QED) is 0.690. The Kier molecular flexibility index (Phi) is 3.84. The maximum Gasteiger partial charge on any atom is 0.338 e. The molecule has 0 saturated carbocycles. The minimum Gasteiger partial charge on any atom is -0.478 e. The summed E-state index contributed by atoms with van der Waals surface area (Å²) in [5, 5.41) is 20.3. The first-order valence-electron chi connectivity index (χ1n) is 5.92. The van der Waals surface area contributed by atoms with E-state index >= 15 is 0 Å². The van der Waals surface area contributed by atoms with Crippen LogP contribution in [0.5, 0.6) is 0 Å². The topological polar surface area (TPSA) is 83.7 Å². The molecule has 2 aromatic rings. The normalized spacial score (nSPS) is 10.2. The van der Waals surface area contributed by atoms with Gasteiger partial charge in [0, 0.05) is 18.8 Å². The third-order valence-corrected chi connectivity index (χ3v) is 2.99. The average Bonchev–Trinajstić information content (AvgIpc) is 2.46. The van der Waals surface area contributed by atoms with Crippen LogP contribution in [0.3, 0.4) is 0 Å². The number of nitro groups is 1. The summed E-state index contributed by atoms with van der Waals surface area (Å²) in [4.78, 5) is 23.1. The molecule has 0 fully saturated rings. The molecular weight excluding hydrogens is 279 g/mol. The van der Waals surface area contributed by atoms with Gasteiger partial charge in [0.1, 0.15) is 11.5 Å². The second-order valence-corrected chi connectivity index (χ2v) is 4.27. The number of carboxylic acids is 1. The Balaban J connectivity index is 2.62. The number of para-hydroxylation sites is 1. The summed E-state index contributed by atoms with van der Waals surface area (Å²) in [7, 11) is 1.49. The van der Waals surface area contributed by atoms with Crippen LogP contribution in [-0.4, -0.2) is 23.0 Å². The van der Waals surface area contributed by atoms with Crippen molar-refractivity contribution >= 4 is 23.0 Å². The van der Waals surface area contributed by atoms with Crippen molar-refractivity contribution in [3.8, 4) is 0 Å². The van der Waals surface area contributed by atoms with Gasteiger partial charge in [0.15, 0.2) is 0 Å². The van der Waals surface area contributed by atoms with Gasteiger partial charge in [-0.15, -0.1) is 0 Å². The Morgan fingerprint density at radius 3 is 2.38 bits per heavy atom. The maximum absolute atomic E-state index is 12.9. The molecule has 0 aliphatic rings. The van der Waals surface area contributed by atoms with Crippen LogP contribution in [0.2, 0.25) is 0 Å². The van der Waals surface area contributed by atoms with Gasteiger partial charge in [0.25, 0.3) is 5.69 Å². The SMILES string of the molecule is CN(c1ccc(F)cc1)c1c(C(=O)O)cccc1[N+](=O)[O-]. The smallest absolute Gasteiger partial charge is 0.338 e. The van der Waals surface area contributed by atoms with E-state index in [2.05, 4.69) is 0 Å². The fourth-order valence-electron chi connectivity index (χ4n) is 2.00. The van der Waals surface area contributed by atoms with Crippen LogP contribution in [0.15, 0.2) is 42.5 Å². The third-order valence-electron chi connectivity index (χ3n) is 2.99. The molecule has 2 aromatic carbocycles. The van der Waals surface area contributed by atoms with Crippen molar-refractivity contribution in [3.63, 3.8) is 0 Å². The minimum atomic E-state index is -1.28. The second kappa shape index (κ2) is 5.58. The number of anilines is 2. The summed E-state index contributed by atoms with van der Waals surface area (Å²) >= 11 is 0. The van der Waals surface area contributed by atoms with Gasteiger partial charge >= 0.3 is 5.97 Å². The molecule has 0 aromatic heterocycles. The molecule has 0 aliphatic heterocycles. The number of benzene rings is 2. The van der Waals surface area contributed by atoms with Crippen molar-refractivity contribution < 1.29 is 19.2 Å². The molecule has 0 spiro atoms. The number of carbonyl (C=O) groups is 1. The lowest BCUT2D eigenvalue weighted by atomic mass is 10.1. The zero-order valence-corrected chi connectivity index (χ0v) is 11.0. The molecule has 0 heterocycles. The lowest BCUT2D eigenvalue weighted by Gasteiger charge is -2.21. The summed E-state index contributed by atoms with van der Waals surface area (Å²) < 4.78 is 12.9. The first-order valence-corrected chi connectivity index (χ1v) is 5.92. The zero-order chi connectivity index (χ0) is 15.6. The molecule has 0 bridgehead atoms. The van der Waals surface area contributed by atoms with E-state index in [0.29, 0.717) is 5.69 Å². The number of carboxylic acid groups (broad SMARTS) is 1. The lowest BCUT2D eigenvalue weighted by molar-refractivity contribution is -0.384. The number of nitrogens with zero attached hydrogens (tertiary/aromatic N) is 2. The Bertz CT molecular complexity index is 668. The van der Waals surface area contributed by atoms with Gasteiger partial charge in [0.05, 0.1) is 10.5 Å². The van der Waals surface area contributed by atoms with Crippen LogP contribution >= 0.6 is 0 Å². The summed E-state index contributed by atoms with van der Waals surface area (Å²) in [5.41, 5.74) is -0.146. The molecule has 0 amide bonds. The minimum absolute atomic E-state index is 0.0541. The fourth-order valence-corrected chi connectivity index (χ4v) is 2.00. The van der Waals surface area contributed by atoms with Crippen molar-refractivity contribution in [2.45, 2.75) is 0 Å². The molecule has 7 heteroatoms. The maximum atomic E-state index is 12.9. The van der Waals surface area contributed by atoms with Gasteiger partial charge in [0.2, 0.25) is 0 Å². The molecule has 21 heavy (non-hydrogen) atoms. The van der Waals surface area contributed by atoms with Crippen LogP contribution in [0, 0.1) is 15.9 Å². The third kappa shape index (κ3) is 2.81. The van der Waals surface area contributed by atoms with Crippen molar-refractivity contribution in [1.29, 1.82) is 0 Å². The number of rotatable bonds is 4. The molecule has 6 nitrogen and oxygen atoms in total. The van der Waals surface area contributed by atoms with Crippen LogP contribution in [0.25, 0.3) is 0 Å². The van der Waals surface area contributed by atoms with E-state index in [4.69, 9.17) is 0 Å². The fraction of sp³-hybridized carbons (Fsp3) is 0.0714. The van der Waals surface area contributed by atoms with Crippen molar-refractivity contribution in [1.82, 2.24) is 0 Å². The van der Waals surface area contributed by atoms with E-state index in [1.807, 2.05) is 0 Å². The van der Waals surface area contributed by atoms with E-state index in [9.17, 15) is 24.4 Å². The Hall–Kier alpha value is -2.96. The summed E-state index contributed by atoms with van der Waals surface area (Å²) in [5.74, 6) is -1.73. The Morgan fingerprint density at radius 1 is 1.24 bits per heavy atom. The van der Waals surface area contributed by atoms with Gasteiger partial charge in [-0.2, -0.15) is 0 Å². The second-order valence-electron chi connectivity index (χ2n) is 4.27. The lowest BCUT2D eigenvalue weighted by Crippen LogP contribution is -2.16. The predicted molar refractivity (Wildman–Crippen MR) is 74.5 cm³/mol. The average molecular weight is 290 g/mol. The largest absolute Gasteiger partial charge is 0.478 e. The van der Waals surface area contributed by atoms with Crippen molar-refractivity contribution in [2.75, 3.05) is 11.9 Å². The molecular formula is C14H11FN2O4. The predicted octanol–water partition coefficient (Wildman–Crippen LogP) is 3.20. The molecule has 0 aliphatic carbocycles. The first-order chi connectivity index (χ1) is 9.91. The van der Waals surface area contributed by atoms with E-state index in [1.54, 1.807) is 0 Å². The Labute approximate surface area is 119 Å². The van der Waals surface area contributed by atoms with Gasteiger partial charge in [-0.3, -0.25) is 10.1 Å². The van der Waals surface area contributed by atoms with Gasteiger partial charge in [-0.1, -0.05) is 6.07 Å². The van der Waals surface area contributed by atoms with Crippen LogP contribution in [-0.2, 0) is 0 Å². The van der Waals surface area contributed by atoms with Crippen LogP contribution in [0.4, 0.5) is 21.5 Å². The number of nitro benzene ring substituents is 1. The number of halogens is 1. The molecule has 0 unspecified atom stereocenters. The Morgan fingerprint density at radius 2 is 1.86 bits per heavy atom. The molecule has 108 valence electrons. The highest BCUT2D eigenvalue weighted by Crippen LogP contribution is 2.35. The standard InChI is InChI=1S/C14H11FN2O4/c1-16(10-7-5-9(15)6-8-10)13-11(14(18)19)3-2-4-12(13)17(20)21/h2-8H,1H3,(H,18,19). The molecule has 0 atom stereocenters. The molecule has 2 rings (SSSR count). The monoisotopic (exact) mass is 290 g/mol. The van der Waals surface area contributed by atoms with Crippen LogP contribution < -0.4 is 4.90 Å². The van der Waals surface area contributed by atoms with Gasteiger partial charge in [-0.25, -0.2) is 9.18 Å². The van der Waals surface area contributed by atoms with Gasteiger partial charge < -0.3 is 10.0 Å². The van der Waals surface area contributed by atoms with Crippen LogP contribution in [0.1, 0.15) is 10.4 Å². The van der Waals surface area contributed by atoms with Gasteiger partial charge in [-0.05, 0) is 30.3 Å². The zero-order valence-electron chi connectivity index (χ0n) is 11.0. The number of aromatic carboxylic acids is 1. The van der Waals surface area contributed by atoms with Crippen molar-refractivity contribution in [2.24, 2.45) is 0 Å². The summed E-state index contributed by atoms with van der Waals surface area (Å²) in [6.45, 7) is 0. The summed E-state index contributed by atoms with van der Waals surface area (Å²) in [6, 6.07) is 9.04. The number of hydrogen-bond donors (Lipinski definition) is 1. The molecule has 0 saturated heterocycles. The summed E-state index contributed by atoms with van der Waals surface area (Å²) in [6.07, 6.45) is 0. The molecule has 0 radical (unpaired) electrons. The highest BCUT2D eigenvalue weighted by atomic mass is 19.1. The van der Waals surface area contributed by atoms with E-state index in [0.717, 1.165) is 0 Å². The highest BCUT2D eigenvalue weighted by molar-refractivity contribution is 5.98. The van der Waals surface area contributed by atoms with E-state index in [1.165, 1.54) is 54.4 Å². The molecule has 1 N–H and O–H groups in total. The van der Waals surface area contributed by atoms with E-state index < -0.39 is 16.7 Å². The van der Waals surface area contributed by atoms with Crippen molar-refractivity contribution in [3.05, 3.63) is 64.0 Å². The van der Waals surface area contributed by atoms with E-state index in [-0.39, 0.29) is 16.9 Å². The first kappa shape index (κ1) is 14.4.